The molecule has 0 amide bonds. The van der Waals surface area contributed by atoms with Crippen LogP contribution in [0.3, 0.4) is 0 Å². The van der Waals surface area contributed by atoms with Gasteiger partial charge in [-0.2, -0.15) is 13.2 Å². The van der Waals surface area contributed by atoms with Crippen LogP contribution < -0.4 is 0 Å². The lowest BCUT2D eigenvalue weighted by molar-refractivity contribution is -0.140. The van der Waals surface area contributed by atoms with Gasteiger partial charge in [0.1, 0.15) is 5.82 Å². The summed E-state index contributed by atoms with van der Waals surface area (Å²) in [4.78, 5) is 1.89. The number of rotatable bonds is 4. The Hall–Kier alpha value is -1.10. The number of hydrogen-bond donors (Lipinski definition) is 0. The Morgan fingerprint density at radius 2 is 1.83 bits per heavy atom. The molecule has 1 aromatic carbocycles. The van der Waals surface area contributed by atoms with Crippen LogP contribution in [0, 0.1) is 5.82 Å². The van der Waals surface area contributed by atoms with Crippen LogP contribution in [0.15, 0.2) is 18.2 Å². The first-order valence-corrected chi connectivity index (χ1v) is 5.73. The lowest BCUT2D eigenvalue weighted by Gasteiger charge is -2.20. The maximum absolute atomic E-state index is 13.4. The molecule has 102 valence electrons. The highest BCUT2D eigenvalue weighted by Gasteiger charge is 2.37. The summed E-state index contributed by atoms with van der Waals surface area (Å²) in [6, 6.07) is 3.53. The van der Waals surface area contributed by atoms with Gasteiger partial charge in [0, 0.05) is 0 Å². The average Bonchev–Trinajstić information content (AvgIpc) is 2.23. The molecule has 0 bridgehead atoms. The van der Waals surface area contributed by atoms with Gasteiger partial charge in [-0.3, -0.25) is 0 Å². The van der Waals surface area contributed by atoms with Crippen molar-refractivity contribution in [3.63, 3.8) is 0 Å². The molecule has 0 aliphatic rings. The van der Waals surface area contributed by atoms with Crippen molar-refractivity contribution in [1.29, 1.82) is 0 Å². The summed E-state index contributed by atoms with van der Waals surface area (Å²) in [5, 5.41) is 0. The fourth-order valence-electron chi connectivity index (χ4n) is 1.86. The van der Waals surface area contributed by atoms with Crippen LogP contribution in [0.4, 0.5) is 17.6 Å². The summed E-state index contributed by atoms with van der Waals surface area (Å²) in [6.45, 7) is 2.35. The van der Waals surface area contributed by atoms with E-state index in [0.29, 0.717) is 13.0 Å². The molecule has 0 fully saturated rings. The minimum absolute atomic E-state index is 0.0318. The smallest absolute Gasteiger partial charge is 0.309 e. The van der Waals surface area contributed by atoms with E-state index in [9.17, 15) is 17.6 Å². The zero-order valence-corrected chi connectivity index (χ0v) is 10.7. The largest absolute Gasteiger partial charge is 0.419 e. The van der Waals surface area contributed by atoms with Crippen LogP contribution in [-0.4, -0.2) is 25.5 Å². The lowest BCUT2D eigenvalue weighted by Crippen LogP contribution is -2.18. The zero-order valence-electron chi connectivity index (χ0n) is 10.7. The topological polar surface area (TPSA) is 3.24 Å². The van der Waals surface area contributed by atoms with E-state index in [2.05, 4.69) is 0 Å². The Bertz CT molecular complexity index is 398. The van der Waals surface area contributed by atoms with Gasteiger partial charge in [0.15, 0.2) is 0 Å². The molecule has 18 heavy (non-hydrogen) atoms. The lowest BCUT2D eigenvalue weighted by atomic mass is 9.92. The fourth-order valence-corrected chi connectivity index (χ4v) is 1.86. The molecule has 0 aliphatic heterocycles. The molecule has 0 spiro atoms. The highest BCUT2D eigenvalue weighted by atomic mass is 19.4. The van der Waals surface area contributed by atoms with Gasteiger partial charge in [0.2, 0.25) is 0 Å². The first-order chi connectivity index (χ1) is 8.23. The molecule has 0 aromatic heterocycles. The van der Waals surface area contributed by atoms with E-state index in [4.69, 9.17) is 0 Å². The molecule has 1 atom stereocenters. The van der Waals surface area contributed by atoms with Gasteiger partial charge in [-0.1, -0.05) is 19.1 Å². The van der Waals surface area contributed by atoms with Crippen molar-refractivity contribution < 1.29 is 17.6 Å². The van der Waals surface area contributed by atoms with Gasteiger partial charge < -0.3 is 4.90 Å². The van der Waals surface area contributed by atoms with Crippen LogP contribution in [0.5, 0.6) is 0 Å². The molecular formula is C13H17F4N. The van der Waals surface area contributed by atoms with Crippen LogP contribution >= 0.6 is 0 Å². The Labute approximate surface area is 104 Å². The Balaban J connectivity index is 3.05. The summed E-state index contributed by atoms with van der Waals surface area (Å²) < 4.78 is 51.8. The first-order valence-electron chi connectivity index (χ1n) is 5.73. The van der Waals surface area contributed by atoms with Crippen molar-refractivity contribution in [1.82, 2.24) is 4.90 Å². The molecule has 0 radical (unpaired) electrons. The standard InChI is InChI=1S/C13H17F4N/c1-9(7-8-18(2)3)10-5-4-6-11(14)12(10)13(15,16)17/h4-6,9H,7-8H2,1-3H3. The second-order valence-electron chi connectivity index (χ2n) is 4.69. The first kappa shape index (κ1) is 15.0. The Kier molecular flexibility index (Phi) is 4.73. The van der Waals surface area contributed by atoms with E-state index in [1.165, 1.54) is 12.1 Å². The molecule has 0 N–H and O–H groups in total. The zero-order chi connectivity index (χ0) is 13.9. The highest BCUT2D eigenvalue weighted by molar-refractivity contribution is 5.33. The molecule has 1 rings (SSSR count). The van der Waals surface area contributed by atoms with Crippen LogP contribution in [-0.2, 0) is 6.18 Å². The van der Waals surface area contributed by atoms with E-state index >= 15 is 0 Å². The van der Waals surface area contributed by atoms with E-state index < -0.39 is 17.6 Å². The third kappa shape index (κ3) is 3.70. The molecule has 0 saturated heterocycles. The third-order valence-electron chi connectivity index (χ3n) is 2.87. The SMILES string of the molecule is CC(CCN(C)C)c1cccc(F)c1C(F)(F)F. The van der Waals surface area contributed by atoms with Gasteiger partial charge in [-0.25, -0.2) is 4.39 Å². The van der Waals surface area contributed by atoms with Gasteiger partial charge in [-0.05, 0) is 44.6 Å². The van der Waals surface area contributed by atoms with Gasteiger partial charge >= 0.3 is 6.18 Å². The maximum atomic E-state index is 13.4. The maximum Gasteiger partial charge on any atom is 0.419 e. The van der Waals surface area contributed by atoms with Crippen molar-refractivity contribution in [3.8, 4) is 0 Å². The molecule has 1 unspecified atom stereocenters. The summed E-state index contributed by atoms with van der Waals surface area (Å²) in [5.41, 5.74) is -1.10. The van der Waals surface area contributed by atoms with Crippen LogP contribution in [0.1, 0.15) is 30.4 Å². The number of nitrogens with zero attached hydrogens (tertiary/aromatic N) is 1. The molecule has 0 heterocycles. The van der Waals surface area contributed by atoms with Crippen LogP contribution in [0.2, 0.25) is 0 Å². The highest BCUT2D eigenvalue weighted by Crippen LogP contribution is 2.37. The summed E-state index contributed by atoms with van der Waals surface area (Å²) in [6.07, 6.45) is -4.09. The second-order valence-corrected chi connectivity index (χ2v) is 4.69. The van der Waals surface area contributed by atoms with E-state index in [1.54, 1.807) is 6.92 Å². The van der Waals surface area contributed by atoms with Crippen molar-refractivity contribution in [2.45, 2.75) is 25.4 Å². The average molecular weight is 263 g/mol. The summed E-state index contributed by atoms with van der Waals surface area (Å²) >= 11 is 0. The summed E-state index contributed by atoms with van der Waals surface area (Å²) in [7, 11) is 3.70. The third-order valence-corrected chi connectivity index (χ3v) is 2.87. The molecule has 1 aromatic rings. The van der Waals surface area contributed by atoms with Crippen molar-refractivity contribution in [3.05, 3.63) is 35.1 Å². The molecule has 1 nitrogen and oxygen atoms in total. The van der Waals surface area contributed by atoms with Crippen molar-refractivity contribution in [2.75, 3.05) is 20.6 Å². The van der Waals surface area contributed by atoms with E-state index in [0.717, 1.165) is 6.07 Å². The minimum atomic E-state index is -4.65. The quantitative estimate of drug-likeness (QED) is 0.745. The minimum Gasteiger partial charge on any atom is -0.309 e. The number of alkyl halides is 3. The predicted octanol–water partition coefficient (Wildman–Crippen LogP) is 3.90. The molecule has 5 heteroatoms. The molecule has 0 aliphatic carbocycles. The molecular weight excluding hydrogens is 246 g/mol. The molecule has 0 saturated carbocycles. The van der Waals surface area contributed by atoms with Gasteiger partial charge in [-0.15, -0.1) is 0 Å². The van der Waals surface area contributed by atoms with E-state index in [-0.39, 0.29) is 11.5 Å². The number of halogens is 4. The fraction of sp³-hybridized carbons (Fsp3) is 0.538. The normalized spacial score (nSPS) is 14.0. The number of benzene rings is 1. The Morgan fingerprint density at radius 1 is 1.22 bits per heavy atom. The van der Waals surface area contributed by atoms with Crippen LogP contribution in [0.25, 0.3) is 0 Å². The van der Waals surface area contributed by atoms with Gasteiger partial charge in [0.05, 0.1) is 5.56 Å². The predicted molar refractivity (Wildman–Crippen MR) is 63.0 cm³/mol. The Morgan fingerprint density at radius 3 is 2.33 bits per heavy atom. The number of hydrogen-bond acceptors (Lipinski definition) is 1. The van der Waals surface area contributed by atoms with Gasteiger partial charge in [0.25, 0.3) is 0 Å². The summed E-state index contributed by atoms with van der Waals surface area (Å²) in [5.74, 6) is -1.53. The second kappa shape index (κ2) is 5.69. The van der Waals surface area contributed by atoms with E-state index in [1.807, 2.05) is 19.0 Å². The van der Waals surface area contributed by atoms with Crippen molar-refractivity contribution >= 4 is 0 Å². The monoisotopic (exact) mass is 263 g/mol. The van der Waals surface area contributed by atoms with Crippen molar-refractivity contribution in [2.24, 2.45) is 0 Å².